The monoisotopic (exact) mass is 604 g/mol. The van der Waals surface area contributed by atoms with Crippen molar-refractivity contribution in [2.75, 3.05) is 12.4 Å². The third-order valence-electron chi connectivity index (χ3n) is 6.41. The number of amides is 2. The van der Waals surface area contributed by atoms with Gasteiger partial charge in [-0.25, -0.2) is 0 Å². The lowest BCUT2D eigenvalue weighted by Gasteiger charge is -2.21. The SMILES string of the molecule is COc1ccc2cc(C(=O)Nc3cc(C(=O)NC(CCCC(=O)OC(C)(C)C)c4ccccc4)ccc3Cl)c(=O)[nH]c2n1. The minimum atomic E-state index is -0.706. The quantitative estimate of drug-likeness (QED) is 0.194. The molecular weight excluding hydrogens is 572 g/mol. The van der Waals surface area contributed by atoms with E-state index >= 15 is 0 Å². The number of pyridine rings is 2. The number of anilines is 1. The summed E-state index contributed by atoms with van der Waals surface area (Å²) >= 11 is 6.35. The van der Waals surface area contributed by atoms with Crippen LogP contribution in [0.1, 0.15) is 72.4 Å². The van der Waals surface area contributed by atoms with Crippen molar-refractivity contribution in [3.63, 3.8) is 0 Å². The van der Waals surface area contributed by atoms with Gasteiger partial charge in [0.1, 0.15) is 16.8 Å². The number of nitrogens with one attached hydrogen (secondary N) is 3. The van der Waals surface area contributed by atoms with Crippen LogP contribution in [-0.2, 0) is 9.53 Å². The Morgan fingerprint density at radius 1 is 1.00 bits per heavy atom. The number of nitrogens with zero attached hydrogens (tertiary/aromatic N) is 1. The van der Waals surface area contributed by atoms with Gasteiger partial charge in [-0.2, -0.15) is 4.98 Å². The summed E-state index contributed by atoms with van der Waals surface area (Å²) in [6.07, 6.45) is 1.21. The molecule has 0 bridgehead atoms. The van der Waals surface area contributed by atoms with Crippen molar-refractivity contribution in [3.05, 3.63) is 98.8 Å². The number of aromatic nitrogens is 2. The van der Waals surface area contributed by atoms with Crippen molar-refractivity contribution >= 4 is 46.1 Å². The van der Waals surface area contributed by atoms with Crippen LogP contribution < -0.4 is 20.9 Å². The number of carbonyl (C=O) groups excluding carboxylic acids is 3. The Morgan fingerprint density at radius 3 is 2.44 bits per heavy atom. The molecule has 0 radical (unpaired) electrons. The smallest absolute Gasteiger partial charge is 0.306 e. The molecule has 2 amide bonds. The predicted octanol–water partition coefficient (Wildman–Crippen LogP) is 5.82. The molecular formula is C32H33ClN4O6. The summed E-state index contributed by atoms with van der Waals surface area (Å²) in [5.74, 6) is -1.09. The number of methoxy groups -OCH3 is 1. The second kappa shape index (κ2) is 13.5. The Hall–Kier alpha value is -4.70. The van der Waals surface area contributed by atoms with Crippen molar-refractivity contribution in [1.29, 1.82) is 0 Å². The van der Waals surface area contributed by atoms with Crippen molar-refractivity contribution in [2.24, 2.45) is 0 Å². The van der Waals surface area contributed by atoms with Crippen molar-refractivity contribution in [2.45, 2.75) is 51.7 Å². The molecule has 2 aromatic carbocycles. The van der Waals surface area contributed by atoms with E-state index in [4.69, 9.17) is 21.1 Å². The summed E-state index contributed by atoms with van der Waals surface area (Å²) in [6.45, 7) is 5.45. The van der Waals surface area contributed by atoms with Gasteiger partial charge in [0.25, 0.3) is 17.4 Å². The molecule has 2 aromatic heterocycles. The maximum absolute atomic E-state index is 13.4. The number of benzene rings is 2. The van der Waals surface area contributed by atoms with Crippen LogP contribution in [0, 0.1) is 0 Å². The number of halogens is 1. The predicted molar refractivity (Wildman–Crippen MR) is 165 cm³/mol. The molecule has 4 aromatic rings. The molecule has 224 valence electrons. The molecule has 43 heavy (non-hydrogen) atoms. The van der Waals surface area contributed by atoms with E-state index in [0.717, 1.165) is 5.56 Å². The molecule has 0 spiro atoms. The molecule has 1 atom stereocenters. The first-order valence-electron chi connectivity index (χ1n) is 13.7. The number of esters is 1. The summed E-state index contributed by atoms with van der Waals surface area (Å²) in [5.41, 5.74) is 0.192. The van der Waals surface area contributed by atoms with Crippen molar-refractivity contribution in [1.82, 2.24) is 15.3 Å². The number of rotatable bonds is 10. The zero-order valence-corrected chi connectivity index (χ0v) is 25.1. The fraction of sp³-hybridized carbons (Fsp3) is 0.281. The van der Waals surface area contributed by atoms with E-state index < -0.39 is 23.0 Å². The first-order valence-corrected chi connectivity index (χ1v) is 14.1. The highest BCUT2D eigenvalue weighted by Gasteiger charge is 2.21. The zero-order valence-electron chi connectivity index (χ0n) is 24.3. The zero-order chi connectivity index (χ0) is 31.1. The number of H-pyrrole nitrogens is 1. The van der Waals surface area contributed by atoms with E-state index in [1.54, 1.807) is 12.1 Å². The molecule has 4 rings (SSSR count). The van der Waals surface area contributed by atoms with Gasteiger partial charge in [0.05, 0.1) is 23.9 Å². The lowest BCUT2D eigenvalue weighted by molar-refractivity contribution is -0.154. The van der Waals surface area contributed by atoms with E-state index in [1.165, 1.54) is 31.4 Å². The summed E-state index contributed by atoms with van der Waals surface area (Å²) in [4.78, 5) is 58.1. The molecule has 11 heteroatoms. The van der Waals surface area contributed by atoms with Crippen LogP contribution >= 0.6 is 11.6 Å². The molecule has 3 N–H and O–H groups in total. The second-order valence-electron chi connectivity index (χ2n) is 10.9. The number of ether oxygens (including phenoxy) is 2. The average molecular weight is 605 g/mol. The number of aromatic amines is 1. The van der Waals surface area contributed by atoms with Gasteiger partial charge in [-0.05, 0) is 69.5 Å². The van der Waals surface area contributed by atoms with E-state index in [2.05, 4.69) is 20.6 Å². The normalized spacial score (nSPS) is 11.9. The highest BCUT2D eigenvalue weighted by atomic mass is 35.5. The maximum atomic E-state index is 13.4. The summed E-state index contributed by atoms with van der Waals surface area (Å²) in [7, 11) is 1.46. The van der Waals surface area contributed by atoms with Gasteiger partial charge in [0, 0.05) is 23.4 Å². The Labute approximate surface area is 253 Å². The number of carbonyl (C=O) groups is 3. The minimum Gasteiger partial charge on any atom is -0.481 e. The Kier molecular flexibility index (Phi) is 9.82. The van der Waals surface area contributed by atoms with Gasteiger partial charge in [-0.1, -0.05) is 41.9 Å². The standard InChI is InChI=1S/C32H33ClN4O6/c1-32(2,3)43-27(38)12-8-11-24(19-9-6-5-7-10-19)34-29(39)21-13-15-23(33)25(18-21)35-30(40)22-17-20-14-16-26(42-4)36-28(20)37-31(22)41/h5-7,9-10,13-18,24H,8,11-12H2,1-4H3,(H,34,39)(H,35,40)(H,36,37,41). The Balaban J connectivity index is 1.49. The van der Waals surface area contributed by atoms with E-state index in [-0.39, 0.29) is 45.9 Å². The molecule has 10 nitrogen and oxygen atoms in total. The van der Waals surface area contributed by atoms with Gasteiger partial charge < -0.3 is 25.1 Å². The largest absolute Gasteiger partial charge is 0.481 e. The lowest BCUT2D eigenvalue weighted by atomic mass is 10.00. The first-order chi connectivity index (χ1) is 20.4. The second-order valence-corrected chi connectivity index (χ2v) is 11.3. The van der Waals surface area contributed by atoms with Crippen LogP contribution in [0.4, 0.5) is 5.69 Å². The summed E-state index contributed by atoms with van der Waals surface area (Å²) < 4.78 is 10.5. The molecule has 2 heterocycles. The van der Waals surface area contributed by atoms with Crippen molar-refractivity contribution < 1.29 is 23.9 Å². The Bertz CT molecular complexity index is 1700. The summed E-state index contributed by atoms with van der Waals surface area (Å²) in [6, 6.07) is 18.2. The van der Waals surface area contributed by atoms with Crippen LogP contribution in [0.25, 0.3) is 11.0 Å². The van der Waals surface area contributed by atoms with Gasteiger partial charge in [0.15, 0.2) is 0 Å². The van der Waals surface area contributed by atoms with Gasteiger partial charge >= 0.3 is 5.97 Å². The van der Waals surface area contributed by atoms with E-state index in [1.807, 2.05) is 51.1 Å². The van der Waals surface area contributed by atoms with Crippen LogP contribution in [-0.4, -0.2) is 40.5 Å². The lowest BCUT2D eigenvalue weighted by Crippen LogP contribution is -2.29. The van der Waals surface area contributed by atoms with E-state index in [0.29, 0.717) is 24.1 Å². The molecule has 0 fully saturated rings. The third-order valence-corrected chi connectivity index (χ3v) is 6.74. The molecule has 0 saturated carbocycles. The average Bonchev–Trinajstić information content (AvgIpc) is 2.96. The van der Waals surface area contributed by atoms with Crippen LogP contribution in [0.15, 0.2) is 71.5 Å². The molecule has 0 aliphatic heterocycles. The van der Waals surface area contributed by atoms with Gasteiger partial charge in [-0.3, -0.25) is 19.2 Å². The van der Waals surface area contributed by atoms with Crippen LogP contribution in [0.2, 0.25) is 5.02 Å². The van der Waals surface area contributed by atoms with Crippen molar-refractivity contribution in [3.8, 4) is 5.88 Å². The molecule has 0 saturated heterocycles. The number of hydrogen-bond donors (Lipinski definition) is 3. The van der Waals surface area contributed by atoms with E-state index in [9.17, 15) is 19.2 Å². The van der Waals surface area contributed by atoms with Crippen LogP contribution in [0.5, 0.6) is 5.88 Å². The fourth-order valence-electron chi connectivity index (χ4n) is 4.39. The fourth-order valence-corrected chi connectivity index (χ4v) is 4.56. The molecule has 1 unspecified atom stereocenters. The maximum Gasteiger partial charge on any atom is 0.306 e. The number of hydrogen-bond acceptors (Lipinski definition) is 7. The topological polar surface area (TPSA) is 139 Å². The molecule has 0 aliphatic rings. The highest BCUT2D eigenvalue weighted by Crippen LogP contribution is 2.26. The number of fused-ring (bicyclic) bond motifs is 1. The Morgan fingerprint density at radius 2 is 1.74 bits per heavy atom. The van der Waals surface area contributed by atoms with Crippen LogP contribution in [0.3, 0.4) is 0 Å². The van der Waals surface area contributed by atoms with Gasteiger partial charge in [0.2, 0.25) is 5.88 Å². The first kappa shape index (κ1) is 31.2. The van der Waals surface area contributed by atoms with Gasteiger partial charge in [-0.15, -0.1) is 0 Å². The summed E-state index contributed by atoms with van der Waals surface area (Å²) in [5, 5.41) is 6.37. The highest BCUT2D eigenvalue weighted by molar-refractivity contribution is 6.34. The third kappa shape index (κ3) is 8.42. The minimum absolute atomic E-state index is 0.153. The molecule has 0 aliphatic carbocycles.